The number of nitrogens with one attached hydrogen (secondary N) is 1. The Balaban J connectivity index is 1.48. The number of aryl methyl sites for hydroxylation is 1. The minimum Gasteiger partial charge on any atom is -0.497 e. The molecule has 0 spiro atoms. The average Bonchev–Trinajstić information content (AvgIpc) is 3.61. The van der Waals surface area contributed by atoms with Gasteiger partial charge in [-0.1, -0.05) is 24.3 Å². The Morgan fingerprint density at radius 3 is 2.71 bits per heavy atom. The number of methoxy groups -OCH3 is 1. The normalized spacial score (nSPS) is 31.1. The van der Waals surface area contributed by atoms with E-state index >= 15 is 0 Å². The lowest BCUT2D eigenvalue weighted by Gasteiger charge is -2.56. The number of likely N-dealkylation sites (tertiary alicyclic amines) is 1. The van der Waals surface area contributed by atoms with Crippen molar-refractivity contribution in [3.63, 3.8) is 0 Å². The van der Waals surface area contributed by atoms with Crippen LogP contribution in [0.2, 0.25) is 0 Å². The summed E-state index contributed by atoms with van der Waals surface area (Å²) in [7, 11) is 1.77. The molecule has 3 fully saturated rings. The van der Waals surface area contributed by atoms with Crippen molar-refractivity contribution in [3.8, 4) is 5.75 Å². The Labute approximate surface area is 186 Å². The van der Waals surface area contributed by atoms with Crippen LogP contribution in [-0.2, 0) is 10.2 Å². The van der Waals surface area contributed by atoms with Gasteiger partial charge in [-0.05, 0) is 87.4 Å². The molecule has 4 heteroatoms. The van der Waals surface area contributed by atoms with E-state index in [1.165, 1.54) is 36.2 Å². The average molecular weight is 421 g/mol. The Morgan fingerprint density at radius 2 is 1.97 bits per heavy atom. The molecule has 0 aromatic heterocycles. The molecule has 1 N–H and O–H groups in total. The van der Waals surface area contributed by atoms with Gasteiger partial charge in [-0.3, -0.25) is 4.90 Å². The molecular weight excluding hydrogens is 384 g/mol. The molecule has 2 unspecified atom stereocenters. The van der Waals surface area contributed by atoms with E-state index in [9.17, 15) is 0 Å². The van der Waals surface area contributed by atoms with Gasteiger partial charge in [0.1, 0.15) is 5.75 Å². The molecule has 2 saturated heterocycles. The monoisotopic (exact) mass is 420 g/mol. The fourth-order valence-corrected chi connectivity index (χ4v) is 5.99. The van der Waals surface area contributed by atoms with Crippen LogP contribution in [0.1, 0.15) is 43.7 Å². The zero-order valence-electron chi connectivity index (χ0n) is 19.1. The molecule has 3 aliphatic rings. The number of nitrogens with zero attached hydrogens (tertiary/aromatic N) is 1. The molecule has 31 heavy (non-hydrogen) atoms. The van der Waals surface area contributed by atoms with E-state index in [1.807, 2.05) is 0 Å². The molecule has 2 heterocycles. The van der Waals surface area contributed by atoms with Crippen molar-refractivity contribution in [3.05, 3.63) is 59.7 Å². The van der Waals surface area contributed by atoms with Crippen molar-refractivity contribution in [2.75, 3.05) is 32.1 Å². The van der Waals surface area contributed by atoms with Gasteiger partial charge in [0.05, 0.1) is 25.9 Å². The second-order valence-electron chi connectivity index (χ2n) is 9.93. The number of piperidine rings is 1. The topological polar surface area (TPSA) is 33.7 Å². The summed E-state index contributed by atoms with van der Waals surface area (Å²) >= 11 is 0. The molecule has 5 rings (SSSR count). The van der Waals surface area contributed by atoms with Crippen molar-refractivity contribution in [1.29, 1.82) is 0 Å². The summed E-state index contributed by atoms with van der Waals surface area (Å²) in [4.78, 5) is 2.70. The van der Waals surface area contributed by atoms with Crippen molar-refractivity contribution in [2.45, 2.75) is 63.1 Å². The van der Waals surface area contributed by atoms with Crippen LogP contribution in [-0.4, -0.2) is 49.9 Å². The van der Waals surface area contributed by atoms with Gasteiger partial charge in [0.2, 0.25) is 0 Å². The van der Waals surface area contributed by atoms with Crippen LogP contribution in [0.25, 0.3) is 0 Å². The fourth-order valence-electron chi connectivity index (χ4n) is 5.99. The van der Waals surface area contributed by atoms with Gasteiger partial charge in [-0.15, -0.1) is 0 Å². The van der Waals surface area contributed by atoms with Crippen molar-refractivity contribution < 1.29 is 9.47 Å². The van der Waals surface area contributed by atoms with Crippen molar-refractivity contribution >= 4 is 5.69 Å². The van der Waals surface area contributed by atoms with Crippen molar-refractivity contribution in [2.24, 2.45) is 5.92 Å². The van der Waals surface area contributed by atoms with Gasteiger partial charge in [-0.25, -0.2) is 0 Å². The smallest absolute Gasteiger partial charge is 0.119 e. The number of ether oxygens (including phenoxy) is 2. The second kappa shape index (κ2) is 8.48. The Hall–Kier alpha value is -2.04. The molecule has 166 valence electrons. The summed E-state index contributed by atoms with van der Waals surface area (Å²) in [5, 5.41) is 3.75. The summed E-state index contributed by atoms with van der Waals surface area (Å²) in [6.07, 6.45) is 5.23. The van der Waals surface area contributed by atoms with Crippen LogP contribution < -0.4 is 10.1 Å². The first-order valence-electron chi connectivity index (χ1n) is 11.9. The molecule has 2 aliphatic heterocycles. The maximum Gasteiger partial charge on any atom is 0.119 e. The number of hydrogen-bond donors (Lipinski definition) is 1. The van der Waals surface area contributed by atoms with E-state index in [0.29, 0.717) is 12.1 Å². The van der Waals surface area contributed by atoms with E-state index in [-0.39, 0.29) is 11.5 Å². The third-order valence-corrected chi connectivity index (χ3v) is 7.81. The quantitative estimate of drug-likeness (QED) is 0.712. The van der Waals surface area contributed by atoms with Gasteiger partial charge in [0.15, 0.2) is 0 Å². The largest absolute Gasteiger partial charge is 0.497 e. The third-order valence-electron chi connectivity index (χ3n) is 7.81. The molecule has 1 aliphatic carbocycles. The summed E-state index contributed by atoms with van der Waals surface area (Å²) < 4.78 is 12.4. The highest BCUT2D eigenvalue weighted by molar-refractivity contribution is 5.46. The van der Waals surface area contributed by atoms with Crippen LogP contribution in [0.4, 0.5) is 5.69 Å². The van der Waals surface area contributed by atoms with Gasteiger partial charge in [-0.2, -0.15) is 0 Å². The van der Waals surface area contributed by atoms with Crippen LogP contribution in [0, 0.1) is 12.8 Å². The van der Waals surface area contributed by atoms with Gasteiger partial charge in [0, 0.05) is 23.7 Å². The lowest BCUT2D eigenvalue weighted by atomic mass is 9.62. The summed E-state index contributed by atoms with van der Waals surface area (Å²) in [5.41, 5.74) is 3.93. The summed E-state index contributed by atoms with van der Waals surface area (Å²) in [6, 6.07) is 17.9. The van der Waals surface area contributed by atoms with Crippen LogP contribution >= 0.6 is 0 Å². The third kappa shape index (κ3) is 4.08. The Morgan fingerprint density at radius 1 is 1.16 bits per heavy atom. The van der Waals surface area contributed by atoms with E-state index in [2.05, 4.69) is 72.6 Å². The first kappa shape index (κ1) is 20.8. The van der Waals surface area contributed by atoms with Crippen molar-refractivity contribution in [1.82, 2.24) is 4.90 Å². The number of hydrogen-bond acceptors (Lipinski definition) is 4. The minimum atomic E-state index is 0.00277. The van der Waals surface area contributed by atoms with Gasteiger partial charge < -0.3 is 14.8 Å². The Bertz CT molecular complexity index is 897. The predicted molar refractivity (Wildman–Crippen MR) is 126 cm³/mol. The SMILES string of the molecule is COc1ccc(C)c([C@]23CCN(CC4CC4)[C@H](C)C2OCC(Nc2ccccc2)C3)c1. The van der Waals surface area contributed by atoms with Crippen LogP contribution in [0.3, 0.4) is 0 Å². The molecule has 0 amide bonds. The number of fused-ring (bicyclic) bond motifs is 1. The van der Waals surface area contributed by atoms with Gasteiger partial charge in [0.25, 0.3) is 0 Å². The maximum absolute atomic E-state index is 6.75. The summed E-state index contributed by atoms with van der Waals surface area (Å²) in [5.74, 6) is 1.85. The number of rotatable bonds is 6. The highest BCUT2D eigenvalue weighted by Crippen LogP contribution is 2.49. The molecule has 0 radical (unpaired) electrons. The highest BCUT2D eigenvalue weighted by Gasteiger charge is 2.53. The standard InChI is InChI=1S/C27H36N2O2/c1-19-9-12-24(30-3)15-25(19)27-13-14-29(17-21-10-11-21)20(2)26(27)31-18-23(16-27)28-22-7-5-4-6-8-22/h4-9,12,15,20-21,23,26,28H,10-11,13-14,16-18H2,1-3H3/t20-,23?,26?,27-/m1/s1. The van der Waals surface area contributed by atoms with Crippen LogP contribution in [0.15, 0.2) is 48.5 Å². The second-order valence-corrected chi connectivity index (χ2v) is 9.93. The summed E-state index contributed by atoms with van der Waals surface area (Å²) in [6.45, 7) is 7.77. The van der Waals surface area contributed by atoms with E-state index in [0.717, 1.165) is 37.7 Å². The maximum atomic E-state index is 6.75. The van der Waals surface area contributed by atoms with E-state index < -0.39 is 0 Å². The molecule has 2 aromatic carbocycles. The number of anilines is 1. The predicted octanol–water partition coefficient (Wildman–Crippen LogP) is 5.02. The first-order valence-corrected chi connectivity index (χ1v) is 11.9. The zero-order chi connectivity index (χ0) is 21.4. The lowest BCUT2D eigenvalue weighted by Crippen LogP contribution is -2.64. The number of para-hydroxylation sites is 1. The Kier molecular flexibility index (Phi) is 5.70. The lowest BCUT2D eigenvalue weighted by molar-refractivity contribution is -0.121. The molecule has 4 atom stereocenters. The molecule has 2 aromatic rings. The molecule has 0 bridgehead atoms. The first-order chi connectivity index (χ1) is 15.1. The minimum absolute atomic E-state index is 0.00277. The molecule has 4 nitrogen and oxygen atoms in total. The van der Waals surface area contributed by atoms with Crippen LogP contribution in [0.5, 0.6) is 5.75 Å². The zero-order valence-corrected chi connectivity index (χ0v) is 19.1. The highest BCUT2D eigenvalue weighted by atomic mass is 16.5. The number of benzene rings is 2. The van der Waals surface area contributed by atoms with E-state index in [1.54, 1.807) is 7.11 Å². The fraction of sp³-hybridized carbons (Fsp3) is 0.556. The van der Waals surface area contributed by atoms with E-state index in [4.69, 9.17) is 9.47 Å². The van der Waals surface area contributed by atoms with Gasteiger partial charge >= 0.3 is 0 Å². The molecular formula is C27H36N2O2. The molecule has 1 saturated carbocycles.